The number of hydrogen-bond acceptors (Lipinski definition) is 6. The number of aromatic nitrogens is 1. The Balaban J connectivity index is 1.54. The molecule has 8 heteroatoms. The quantitative estimate of drug-likeness (QED) is 0.319. The van der Waals surface area contributed by atoms with Crippen LogP contribution in [0.4, 0.5) is 5.69 Å². The molecule has 2 N–H and O–H groups in total. The molecule has 1 aromatic heterocycles. The smallest absolute Gasteiger partial charge is 0.355 e. The second kappa shape index (κ2) is 11.6. The summed E-state index contributed by atoms with van der Waals surface area (Å²) >= 11 is 2.87. The van der Waals surface area contributed by atoms with Crippen LogP contribution in [0.1, 0.15) is 80.4 Å². The lowest BCUT2D eigenvalue weighted by atomic mass is 10.0. The zero-order chi connectivity index (χ0) is 22.2. The Morgan fingerprint density at radius 2 is 2.06 bits per heavy atom. The van der Waals surface area contributed by atoms with Crippen LogP contribution in [0, 0.1) is 0 Å². The molecule has 1 fully saturated rings. The van der Waals surface area contributed by atoms with E-state index in [-0.39, 0.29) is 17.6 Å². The number of rotatable bonds is 12. The SMILES string of the molecule is CCCCCCC(O)c1ccc(N2C(=O)CCC2CCSc2nc(C(=O)O)cs2)cc1. The lowest BCUT2D eigenvalue weighted by molar-refractivity contribution is -0.117. The standard InChI is InChI=1S/C23H30N2O4S2/c1-2-3-4-5-6-20(26)16-7-9-17(10-8-16)25-18(11-12-21(25)27)13-14-30-23-24-19(15-31-23)22(28)29/h7-10,15,18,20,26H,2-6,11-14H2,1H3,(H,28,29). The van der Waals surface area contributed by atoms with E-state index < -0.39 is 12.1 Å². The van der Waals surface area contributed by atoms with E-state index in [0.717, 1.165) is 53.4 Å². The Morgan fingerprint density at radius 3 is 2.74 bits per heavy atom. The molecule has 0 radical (unpaired) electrons. The Kier molecular flexibility index (Phi) is 8.92. The molecule has 0 spiro atoms. The molecule has 2 heterocycles. The third-order valence-corrected chi connectivity index (χ3v) is 7.65. The van der Waals surface area contributed by atoms with Crippen molar-refractivity contribution in [3.8, 4) is 0 Å². The molecule has 0 aliphatic carbocycles. The van der Waals surface area contributed by atoms with Gasteiger partial charge in [-0.25, -0.2) is 9.78 Å². The molecule has 1 saturated heterocycles. The van der Waals surface area contributed by atoms with Gasteiger partial charge in [0.2, 0.25) is 5.91 Å². The molecule has 1 aliphatic rings. The molecule has 0 bridgehead atoms. The lowest BCUT2D eigenvalue weighted by Crippen LogP contribution is -2.33. The van der Waals surface area contributed by atoms with E-state index in [2.05, 4.69) is 11.9 Å². The minimum Gasteiger partial charge on any atom is -0.476 e. The van der Waals surface area contributed by atoms with Crippen molar-refractivity contribution in [3.05, 3.63) is 40.9 Å². The second-order valence-electron chi connectivity index (χ2n) is 7.85. The van der Waals surface area contributed by atoms with Gasteiger partial charge in [-0.1, -0.05) is 56.5 Å². The van der Waals surface area contributed by atoms with E-state index in [1.807, 2.05) is 29.2 Å². The van der Waals surface area contributed by atoms with Crippen LogP contribution in [0.5, 0.6) is 0 Å². The minimum absolute atomic E-state index is 0.0813. The molecule has 31 heavy (non-hydrogen) atoms. The van der Waals surface area contributed by atoms with Crippen molar-refractivity contribution >= 4 is 40.7 Å². The van der Waals surface area contributed by atoms with Crippen LogP contribution in [0.15, 0.2) is 34.0 Å². The van der Waals surface area contributed by atoms with Crippen LogP contribution in [0.25, 0.3) is 0 Å². The van der Waals surface area contributed by atoms with Gasteiger partial charge in [-0.15, -0.1) is 11.3 Å². The predicted molar refractivity (Wildman–Crippen MR) is 125 cm³/mol. The number of carboxylic acids is 1. The number of hydrogen-bond donors (Lipinski definition) is 2. The zero-order valence-corrected chi connectivity index (χ0v) is 19.5. The molecule has 1 amide bonds. The first-order valence-corrected chi connectivity index (χ1v) is 12.8. The first kappa shape index (κ1) is 23.8. The van der Waals surface area contributed by atoms with Gasteiger partial charge in [0.05, 0.1) is 6.10 Å². The summed E-state index contributed by atoms with van der Waals surface area (Å²) in [6.45, 7) is 2.18. The van der Waals surface area contributed by atoms with Gasteiger partial charge in [0.25, 0.3) is 0 Å². The molecular formula is C23H30N2O4S2. The third-order valence-electron chi connectivity index (χ3n) is 5.59. The first-order chi connectivity index (χ1) is 15.0. The summed E-state index contributed by atoms with van der Waals surface area (Å²) in [6.07, 6.45) is 7.04. The first-order valence-electron chi connectivity index (χ1n) is 10.9. The molecule has 2 atom stereocenters. The van der Waals surface area contributed by atoms with E-state index >= 15 is 0 Å². The van der Waals surface area contributed by atoms with Crippen LogP contribution in [0.3, 0.4) is 0 Å². The number of benzene rings is 1. The van der Waals surface area contributed by atoms with Crippen molar-refractivity contribution in [1.82, 2.24) is 4.98 Å². The summed E-state index contributed by atoms with van der Waals surface area (Å²) in [7, 11) is 0. The van der Waals surface area contributed by atoms with E-state index in [1.54, 1.807) is 5.38 Å². The largest absolute Gasteiger partial charge is 0.476 e. The molecule has 3 rings (SSSR count). The van der Waals surface area contributed by atoms with E-state index in [0.29, 0.717) is 6.42 Å². The van der Waals surface area contributed by atoms with Gasteiger partial charge < -0.3 is 15.1 Å². The van der Waals surface area contributed by atoms with Crippen molar-refractivity contribution < 1.29 is 19.8 Å². The summed E-state index contributed by atoms with van der Waals surface area (Å²) < 4.78 is 0.741. The van der Waals surface area contributed by atoms with Gasteiger partial charge in [-0.2, -0.15) is 0 Å². The highest BCUT2D eigenvalue weighted by Gasteiger charge is 2.31. The highest BCUT2D eigenvalue weighted by Crippen LogP contribution is 2.32. The maximum atomic E-state index is 12.5. The van der Waals surface area contributed by atoms with E-state index in [1.165, 1.54) is 35.9 Å². The van der Waals surface area contributed by atoms with Gasteiger partial charge >= 0.3 is 5.97 Å². The summed E-state index contributed by atoms with van der Waals surface area (Å²) in [5.41, 5.74) is 1.86. The molecule has 2 aromatic rings. The maximum absolute atomic E-state index is 12.5. The molecular weight excluding hydrogens is 432 g/mol. The van der Waals surface area contributed by atoms with Gasteiger partial charge in [0.1, 0.15) is 0 Å². The Morgan fingerprint density at radius 1 is 1.29 bits per heavy atom. The van der Waals surface area contributed by atoms with Gasteiger partial charge in [-0.05, 0) is 37.0 Å². The highest BCUT2D eigenvalue weighted by molar-refractivity contribution is 8.01. The number of amides is 1. The van der Waals surface area contributed by atoms with Crippen LogP contribution in [-0.4, -0.2) is 38.9 Å². The number of thioether (sulfide) groups is 1. The molecule has 168 valence electrons. The van der Waals surface area contributed by atoms with Crippen LogP contribution in [0.2, 0.25) is 0 Å². The summed E-state index contributed by atoms with van der Waals surface area (Å²) in [5, 5.41) is 20.9. The van der Waals surface area contributed by atoms with Crippen molar-refractivity contribution in [2.75, 3.05) is 10.7 Å². The fourth-order valence-electron chi connectivity index (χ4n) is 3.86. The van der Waals surface area contributed by atoms with Gasteiger partial charge in [0, 0.05) is 29.3 Å². The fraction of sp³-hybridized carbons (Fsp3) is 0.522. The normalized spacial score (nSPS) is 17.3. The summed E-state index contributed by atoms with van der Waals surface area (Å²) in [5.74, 6) is -0.106. The summed E-state index contributed by atoms with van der Waals surface area (Å²) in [6, 6.07) is 7.87. The number of anilines is 1. The number of thiazole rings is 1. The Labute approximate surface area is 191 Å². The van der Waals surface area contributed by atoms with Crippen molar-refractivity contribution in [3.63, 3.8) is 0 Å². The number of aromatic carboxylic acids is 1. The number of carbonyl (C=O) groups is 2. The average Bonchev–Trinajstić information content (AvgIpc) is 3.38. The van der Waals surface area contributed by atoms with Crippen molar-refractivity contribution in [2.24, 2.45) is 0 Å². The number of carboxylic acid groups (broad SMARTS) is 1. The van der Waals surface area contributed by atoms with Crippen molar-refractivity contribution in [2.45, 2.75) is 74.8 Å². The third kappa shape index (κ3) is 6.54. The molecule has 1 aromatic carbocycles. The molecule has 1 aliphatic heterocycles. The predicted octanol–water partition coefficient (Wildman–Crippen LogP) is 5.52. The molecule has 2 unspecified atom stereocenters. The topological polar surface area (TPSA) is 90.7 Å². The van der Waals surface area contributed by atoms with Crippen LogP contribution in [-0.2, 0) is 4.79 Å². The number of aliphatic hydroxyl groups excluding tert-OH is 1. The molecule has 0 saturated carbocycles. The van der Waals surface area contributed by atoms with Crippen LogP contribution < -0.4 is 4.90 Å². The minimum atomic E-state index is -1.01. The monoisotopic (exact) mass is 462 g/mol. The fourth-order valence-corrected chi connectivity index (χ4v) is 5.77. The van der Waals surface area contributed by atoms with Crippen molar-refractivity contribution in [1.29, 1.82) is 0 Å². The Hall–Kier alpha value is -1.90. The lowest BCUT2D eigenvalue weighted by Gasteiger charge is -2.25. The van der Waals surface area contributed by atoms with Gasteiger partial charge in [-0.3, -0.25) is 4.79 Å². The number of nitrogens with zero attached hydrogens (tertiary/aromatic N) is 2. The number of carbonyl (C=O) groups excluding carboxylic acids is 1. The molecule has 6 nitrogen and oxygen atoms in total. The second-order valence-corrected chi connectivity index (χ2v) is 10.1. The zero-order valence-electron chi connectivity index (χ0n) is 17.8. The maximum Gasteiger partial charge on any atom is 0.355 e. The van der Waals surface area contributed by atoms with E-state index in [9.17, 15) is 14.7 Å². The number of unbranched alkanes of at least 4 members (excludes halogenated alkanes) is 3. The van der Waals surface area contributed by atoms with Crippen LogP contribution >= 0.6 is 23.1 Å². The Bertz CT molecular complexity index is 869. The van der Waals surface area contributed by atoms with E-state index in [4.69, 9.17) is 5.11 Å². The average molecular weight is 463 g/mol. The number of aliphatic hydroxyl groups is 1. The summed E-state index contributed by atoms with van der Waals surface area (Å²) in [4.78, 5) is 29.4. The van der Waals surface area contributed by atoms with Gasteiger partial charge in [0.15, 0.2) is 10.0 Å². The highest BCUT2D eigenvalue weighted by atomic mass is 32.2.